The van der Waals surface area contributed by atoms with Crippen LogP contribution in [0.25, 0.3) is 11.3 Å². The summed E-state index contributed by atoms with van der Waals surface area (Å²) >= 11 is 8.01. The van der Waals surface area contributed by atoms with Crippen molar-refractivity contribution >= 4 is 49.4 Å². The highest BCUT2D eigenvalue weighted by molar-refractivity contribution is 7.94. The van der Waals surface area contributed by atoms with Crippen LogP contribution in [0.1, 0.15) is 0 Å². The first-order chi connectivity index (χ1) is 12.0. The molecular formula is C15H11ClN2O4S3. The first-order valence-electron chi connectivity index (χ1n) is 7.15. The molecule has 0 spiro atoms. The van der Waals surface area contributed by atoms with E-state index in [0.29, 0.717) is 34.7 Å². The zero-order chi connectivity index (χ0) is 17.4. The third-order valence-corrected chi connectivity index (χ3v) is 7.33. The van der Waals surface area contributed by atoms with Crippen molar-refractivity contribution in [3.8, 4) is 22.8 Å². The van der Waals surface area contributed by atoms with Crippen LogP contribution in [0.4, 0.5) is 5.13 Å². The number of hydrogen-bond donors (Lipinski definition) is 1. The topological polar surface area (TPSA) is 77.5 Å². The molecule has 3 heterocycles. The number of rotatable bonds is 4. The van der Waals surface area contributed by atoms with Crippen LogP contribution in [0.3, 0.4) is 0 Å². The molecule has 0 unspecified atom stereocenters. The molecule has 1 aliphatic heterocycles. The maximum atomic E-state index is 12.3. The van der Waals surface area contributed by atoms with E-state index in [-0.39, 0.29) is 9.34 Å². The van der Waals surface area contributed by atoms with Gasteiger partial charge in [0.15, 0.2) is 16.6 Å². The molecule has 130 valence electrons. The van der Waals surface area contributed by atoms with Crippen LogP contribution >= 0.6 is 34.3 Å². The van der Waals surface area contributed by atoms with Crippen LogP contribution in [0.15, 0.2) is 39.9 Å². The molecule has 1 N–H and O–H groups in total. The van der Waals surface area contributed by atoms with E-state index in [1.54, 1.807) is 11.4 Å². The molecule has 2 aromatic heterocycles. The highest BCUT2D eigenvalue weighted by atomic mass is 35.5. The van der Waals surface area contributed by atoms with Crippen molar-refractivity contribution in [3.63, 3.8) is 0 Å². The normalized spacial score (nSPS) is 13.6. The van der Waals surface area contributed by atoms with Crippen molar-refractivity contribution in [2.24, 2.45) is 0 Å². The molecule has 0 fully saturated rings. The Morgan fingerprint density at radius 2 is 1.92 bits per heavy atom. The Labute approximate surface area is 157 Å². The van der Waals surface area contributed by atoms with Crippen molar-refractivity contribution in [2.45, 2.75) is 4.21 Å². The van der Waals surface area contributed by atoms with Crippen molar-refractivity contribution in [2.75, 3.05) is 17.9 Å². The summed E-state index contributed by atoms with van der Waals surface area (Å²) in [4.78, 5) is 4.35. The molecular weight excluding hydrogens is 404 g/mol. The second kappa shape index (κ2) is 6.49. The number of thiophene rings is 1. The molecule has 0 radical (unpaired) electrons. The van der Waals surface area contributed by atoms with Gasteiger partial charge < -0.3 is 9.47 Å². The standard InChI is InChI=1S/C15H11ClN2O4S3/c16-13-3-4-14(24-13)25(19,20)18-15-17-10(8-23-15)9-1-2-11-12(7-9)22-6-5-21-11/h1-4,7-8H,5-6H2,(H,17,18). The van der Waals surface area contributed by atoms with Gasteiger partial charge in [0.1, 0.15) is 17.4 Å². The predicted molar refractivity (Wildman–Crippen MR) is 98.7 cm³/mol. The molecule has 1 aliphatic rings. The van der Waals surface area contributed by atoms with Crippen molar-refractivity contribution < 1.29 is 17.9 Å². The smallest absolute Gasteiger partial charge is 0.273 e. The molecule has 0 saturated carbocycles. The number of ether oxygens (including phenoxy) is 2. The Balaban J connectivity index is 1.58. The highest BCUT2D eigenvalue weighted by Crippen LogP contribution is 2.36. The maximum absolute atomic E-state index is 12.3. The predicted octanol–water partition coefficient (Wildman–Crippen LogP) is 4.10. The number of fused-ring (bicyclic) bond motifs is 1. The van der Waals surface area contributed by atoms with Gasteiger partial charge in [-0.2, -0.15) is 0 Å². The summed E-state index contributed by atoms with van der Waals surface area (Å²) in [5.74, 6) is 1.35. The number of nitrogens with one attached hydrogen (secondary N) is 1. The van der Waals surface area contributed by atoms with E-state index in [9.17, 15) is 8.42 Å². The van der Waals surface area contributed by atoms with Crippen LogP contribution in [0.5, 0.6) is 11.5 Å². The van der Waals surface area contributed by atoms with Crippen LogP contribution in [0, 0.1) is 0 Å². The zero-order valence-electron chi connectivity index (χ0n) is 12.6. The van der Waals surface area contributed by atoms with E-state index >= 15 is 0 Å². The van der Waals surface area contributed by atoms with Crippen LogP contribution in [-0.2, 0) is 10.0 Å². The quantitative estimate of drug-likeness (QED) is 0.695. The summed E-state index contributed by atoms with van der Waals surface area (Å²) in [6.45, 7) is 1.03. The van der Waals surface area contributed by atoms with Gasteiger partial charge >= 0.3 is 0 Å². The van der Waals surface area contributed by atoms with Gasteiger partial charge in [-0.25, -0.2) is 13.4 Å². The van der Waals surface area contributed by atoms with Crippen molar-refractivity contribution in [1.29, 1.82) is 0 Å². The summed E-state index contributed by atoms with van der Waals surface area (Å²) < 4.78 is 38.7. The number of anilines is 1. The Kier molecular flexibility index (Phi) is 4.32. The summed E-state index contributed by atoms with van der Waals surface area (Å²) in [6.07, 6.45) is 0. The minimum absolute atomic E-state index is 0.147. The van der Waals surface area contributed by atoms with Crippen molar-refractivity contribution in [3.05, 3.63) is 40.0 Å². The van der Waals surface area contributed by atoms with Gasteiger partial charge in [-0.05, 0) is 30.3 Å². The molecule has 25 heavy (non-hydrogen) atoms. The molecule has 3 aromatic rings. The van der Waals surface area contributed by atoms with Gasteiger partial charge in [0.2, 0.25) is 0 Å². The van der Waals surface area contributed by atoms with Crippen molar-refractivity contribution in [1.82, 2.24) is 4.98 Å². The Morgan fingerprint density at radius 1 is 1.12 bits per heavy atom. The Bertz CT molecular complexity index is 1030. The molecule has 0 bridgehead atoms. The summed E-state index contributed by atoms with van der Waals surface area (Å²) in [5.41, 5.74) is 1.48. The number of hydrogen-bond acceptors (Lipinski definition) is 7. The fraction of sp³-hybridized carbons (Fsp3) is 0.133. The monoisotopic (exact) mass is 414 g/mol. The van der Waals surface area contributed by atoms with Crippen LogP contribution in [-0.4, -0.2) is 26.6 Å². The largest absolute Gasteiger partial charge is 0.486 e. The number of benzene rings is 1. The molecule has 0 atom stereocenters. The minimum Gasteiger partial charge on any atom is -0.486 e. The Morgan fingerprint density at radius 3 is 2.68 bits per heavy atom. The molecule has 0 saturated heterocycles. The summed E-state index contributed by atoms with van der Waals surface area (Å²) in [5, 5.41) is 2.07. The number of sulfonamides is 1. The lowest BCUT2D eigenvalue weighted by Crippen LogP contribution is -2.15. The van der Waals surface area contributed by atoms with E-state index in [4.69, 9.17) is 21.1 Å². The average Bonchev–Trinajstić information content (AvgIpc) is 3.23. The van der Waals surface area contributed by atoms with Crippen LogP contribution < -0.4 is 14.2 Å². The first kappa shape index (κ1) is 16.6. The minimum atomic E-state index is -3.69. The fourth-order valence-electron chi connectivity index (χ4n) is 2.26. The Hall–Kier alpha value is -1.81. The molecule has 6 nitrogen and oxygen atoms in total. The van der Waals surface area contributed by atoms with Gasteiger partial charge in [-0.3, -0.25) is 4.72 Å². The number of aromatic nitrogens is 1. The van der Waals surface area contributed by atoms with Gasteiger partial charge in [0.25, 0.3) is 10.0 Å². The van der Waals surface area contributed by atoms with Crippen LogP contribution in [0.2, 0.25) is 4.34 Å². The van der Waals surface area contributed by atoms with E-state index < -0.39 is 10.0 Å². The lowest BCUT2D eigenvalue weighted by molar-refractivity contribution is 0.171. The van der Waals surface area contributed by atoms with E-state index in [2.05, 4.69) is 9.71 Å². The van der Waals surface area contributed by atoms with E-state index in [0.717, 1.165) is 16.9 Å². The number of nitrogens with zero attached hydrogens (tertiary/aromatic N) is 1. The first-order valence-corrected chi connectivity index (χ1v) is 10.7. The second-order valence-electron chi connectivity index (χ2n) is 5.06. The SMILES string of the molecule is O=S(=O)(Nc1nc(-c2ccc3c(c2)OCCO3)cs1)c1ccc(Cl)s1. The molecule has 1 aromatic carbocycles. The summed E-state index contributed by atoms with van der Waals surface area (Å²) in [7, 11) is -3.69. The molecule has 0 amide bonds. The third kappa shape index (κ3) is 3.45. The molecule has 0 aliphatic carbocycles. The average molecular weight is 415 g/mol. The van der Waals surface area contributed by atoms with E-state index in [1.807, 2.05) is 18.2 Å². The zero-order valence-corrected chi connectivity index (χ0v) is 15.8. The number of halogens is 1. The lowest BCUT2D eigenvalue weighted by Gasteiger charge is -2.18. The fourth-order valence-corrected chi connectivity index (χ4v) is 5.72. The highest BCUT2D eigenvalue weighted by Gasteiger charge is 2.19. The second-order valence-corrected chi connectivity index (χ2v) is 9.54. The van der Waals surface area contributed by atoms with Gasteiger partial charge in [-0.1, -0.05) is 11.6 Å². The van der Waals surface area contributed by atoms with E-state index in [1.165, 1.54) is 17.4 Å². The molecule has 10 heteroatoms. The molecule has 4 rings (SSSR count). The van der Waals surface area contributed by atoms with Gasteiger partial charge in [0.05, 0.1) is 10.0 Å². The number of thiazole rings is 1. The van der Waals surface area contributed by atoms with Gasteiger partial charge in [0, 0.05) is 10.9 Å². The lowest BCUT2D eigenvalue weighted by atomic mass is 10.1. The maximum Gasteiger partial charge on any atom is 0.273 e. The summed E-state index contributed by atoms with van der Waals surface area (Å²) in [6, 6.07) is 8.52. The third-order valence-electron chi connectivity index (χ3n) is 3.38. The van der Waals surface area contributed by atoms with Gasteiger partial charge in [-0.15, -0.1) is 22.7 Å².